The van der Waals surface area contributed by atoms with Crippen molar-refractivity contribution in [2.24, 2.45) is 11.3 Å². The maximum absolute atomic E-state index is 14.0. The van der Waals surface area contributed by atoms with E-state index in [2.05, 4.69) is 10.00 Å². The van der Waals surface area contributed by atoms with Gasteiger partial charge in [-0.1, -0.05) is 0 Å². The number of aryl methyl sites for hydroxylation is 2. The summed E-state index contributed by atoms with van der Waals surface area (Å²) in [6, 6.07) is 6.92. The molecule has 0 aliphatic carbocycles. The predicted molar refractivity (Wildman–Crippen MR) is 96.7 cm³/mol. The minimum Gasteiger partial charge on any atom is -0.396 e. The first-order chi connectivity index (χ1) is 12.5. The van der Waals surface area contributed by atoms with Gasteiger partial charge in [-0.3, -0.25) is 4.90 Å². The average Bonchev–Trinajstić information content (AvgIpc) is 3.14. The second-order valence-corrected chi connectivity index (χ2v) is 7.82. The van der Waals surface area contributed by atoms with Gasteiger partial charge >= 0.3 is 0 Å². The van der Waals surface area contributed by atoms with E-state index in [1.54, 1.807) is 12.1 Å². The number of aliphatic hydroxyl groups is 1. The second kappa shape index (κ2) is 6.76. The number of benzene rings is 1. The van der Waals surface area contributed by atoms with Gasteiger partial charge in [-0.25, -0.2) is 9.07 Å². The van der Waals surface area contributed by atoms with Gasteiger partial charge in [0.15, 0.2) is 0 Å². The summed E-state index contributed by atoms with van der Waals surface area (Å²) in [7, 11) is 0. The molecule has 2 aliphatic heterocycles. The van der Waals surface area contributed by atoms with E-state index in [0.29, 0.717) is 25.7 Å². The quantitative estimate of drug-likeness (QED) is 0.911. The molecule has 4 rings (SSSR count). The van der Waals surface area contributed by atoms with Crippen LogP contribution in [0.5, 0.6) is 0 Å². The molecule has 0 spiro atoms. The molecule has 5 nitrogen and oxygen atoms in total. The lowest BCUT2D eigenvalue weighted by Crippen LogP contribution is -2.41. The van der Waals surface area contributed by atoms with E-state index in [0.717, 1.165) is 42.1 Å². The SMILES string of the molecule is Cc1cc(C)n(-c2ccc(F)cc2CN2C[C@@H]3COCC[C@]3(CO)C2)n1. The zero-order valence-electron chi connectivity index (χ0n) is 15.4. The highest BCUT2D eigenvalue weighted by molar-refractivity contribution is 5.42. The number of rotatable bonds is 4. The zero-order chi connectivity index (χ0) is 18.3. The predicted octanol–water partition coefficient (Wildman–Crippen LogP) is 2.46. The average molecular weight is 359 g/mol. The molecule has 3 heterocycles. The van der Waals surface area contributed by atoms with Crippen molar-refractivity contribution < 1.29 is 14.2 Å². The van der Waals surface area contributed by atoms with Crippen molar-refractivity contribution in [3.05, 3.63) is 47.0 Å². The molecule has 6 heteroatoms. The number of nitrogens with zero attached hydrogens (tertiary/aromatic N) is 3. The van der Waals surface area contributed by atoms with Gasteiger partial charge in [-0.2, -0.15) is 5.10 Å². The second-order valence-electron chi connectivity index (χ2n) is 7.82. The number of aromatic nitrogens is 2. The van der Waals surface area contributed by atoms with Crippen LogP contribution in [0.15, 0.2) is 24.3 Å². The smallest absolute Gasteiger partial charge is 0.123 e. The summed E-state index contributed by atoms with van der Waals surface area (Å²) in [5, 5.41) is 14.6. The number of likely N-dealkylation sites (tertiary alicyclic amines) is 1. The molecular formula is C20H26FN3O2. The van der Waals surface area contributed by atoms with Crippen molar-refractivity contribution in [3.63, 3.8) is 0 Å². The maximum Gasteiger partial charge on any atom is 0.123 e. The topological polar surface area (TPSA) is 50.5 Å². The van der Waals surface area contributed by atoms with Crippen LogP contribution in [0.1, 0.15) is 23.4 Å². The molecule has 0 radical (unpaired) electrons. The Morgan fingerprint density at radius 2 is 2.19 bits per heavy atom. The van der Waals surface area contributed by atoms with Gasteiger partial charge in [0.05, 0.1) is 24.6 Å². The first kappa shape index (κ1) is 17.6. The summed E-state index contributed by atoms with van der Waals surface area (Å²) < 4.78 is 21.5. The van der Waals surface area contributed by atoms with Crippen molar-refractivity contribution in [2.75, 3.05) is 32.9 Å². The molecule has 0 bridgehead atoms. The monoisotopic (exact) mass is 359 g/mol. The molecule has 0 saturated carbocycles. The molecule has 2 aliphatic rings. The van der Waals surface area contributed by atoms with Crippen LogP contribution in [0.4, 0.5) is 4.39 Å². The summed E-state index contributed by atoms with van der Waals surface area (Å²) in [4.78, 5) is 2.32. The van der Waals surface area contributed by atoms with Gasteiger partial charge < -0.3 is 9.84 Å². The highest BCUT2D eigenvalue weighted by atomic mass is 19.1. The van der Waals surface area contributed by atoms with Gasteiger partial charge in [0.25, 0.3) is 0 Å². The number of aliphatic hydroxyl groups excluding tert-OH is 1. The number of hydrogen-bond donors (Lipinski definition) is 1. The number of hydrogen-bond acceptors (Lipinski definition) is 4. The number of halogens is 1. The van der Waals surface area contributed by atoms with Gasteiger partial charge in [0.1, 0.15) is 5.82 Å². The molecule has 26 heavy (non-hydrogen) atoms. The van der Waals surface area contributed by atoms with Crippen molar-refractivity contribution in [2.45, 2.75) is 26.8 Å². The van der Waals surface area contributed by atoms with Crippen molar-refractivity contribution in [3.8, 4) is 5.69 Å². The van der Waals surface area contributed by atoms with Crippen molar-refractivity contribution >= 4 is 0 Å². The third-order valence-electron chi connectivity index (χ3n) is 5.93. The molecule has 1 aromatic carbocycles. The highest BCUT2D eigenvalue weighted by Crippen LogP contribution is 2.42. The van der Waals surface area contributed by atoms with Crippen LogP contribution in [0, 0.1) is 31.0 Å². The minimum atomic E-state index is -0.234. The van der Waals surface area contributed by atoms with E-state index in [9.17, 15) is 9.50 Å². The van der Waals surface area contributed by atoms with E-state index < -0.39 is 0 Å². The lowest BCUT2D eigenvalue weighted by Gasteiger charge is -2.36. The van der Waals surface area contributed by atoms with Crippen LogP contribution < -0.4 is 0 Å². The third kappa shape index (κ3) is 3.06. The molecule has 2 atom stereocenters. The van der Waals surface area contributed by atoms with Crippen LogP contribution >= 0.6 is 0 Å². The molecule has 1 N–H and O–H groups in total. The molecular weight excluding hydrogens is 333 g/mol. The van der Waals surface area contributed by atoms with E-state index in [1.165, 1.54) is 6.07 Å². The Labute approximate surface area is 153 Å². The number of ether oxygens (including phenoxy) is 1. The van der Waals surface area contributed by atoms with Crippen LogP contribution in [0.2, 0.25) is 0 Å². The Hall–Kier alpha value is -1.76. The maximum atomic E-state index is 14.0. The number of fused-ring (bicyclic) bond motifs is 1. The fourth-order valence-corrected chi connectivity index (χ4v) is 4.54. The molecule has 0 unspecified atom stereocenters. The molecule has 2 aromatic rings. The highest BCUT2D eigenvalue weighted by Gasteiger charge is 2.47. The third-order valence-corrected chi connectivity index (χ3v) is 5.93. The molecule has 0 amide bonds. The van der Waals surface area contributed by atoms with Crippen LogP contribution in [0.25, 0.3) is 5.69 Å². The van der Waals surface area contributed by atoms with Crippen LogP contribution in [0.3, 0.4) is 0 Å². The van der Waals surface area contributed by atoms with Gasteiger partial charge in [0, 0.05) is 43.3 Å². The van der Waals surface area contributed by atoms with Gasteiger partial charge in [0.2, 0.25) is 0 Å². The van der Waals surface area contributed by atoms with Crippen molar-refractivity contribution in [1.82, 2.24) is 14.7 Å². The van der Waals surface area contributed by atoms with Gasteiger partial charge in [-0.15, -0.1) is 0 Å². The Morgan fingerprint density at radius 1 is 1.35 bits per heavy atom. The Morgan fingerprint density at radius 3 is 2.88 bits per heavy atom. The van der Waals surface area contributed by atoms with Crippen LogP contribution in [-0.4, -0.2) is 52.7 Å². The molecule has 2 fully saturated rings. The fraction of sp³-hybridized carbons (Fsp3) is 0.550. The van der Waals surface area contributed by atoms with E-state index >= 15 is 0 Å². The lowest BCUT2D eigenvalue weighted by molar-refractivity contribution is -0.0417. The first-order valence-corrected chi connectivity index (χ1v) is 9.24. The zero-order valence-corrected chi connectivity index (χ0v) is 15.4. The summed E-state index contributed by atoms with van der Waals surface area (Å²) in [6.07, 6.45) is 0.887. The summed E-state index contributed by atoms with van der Waals surface area (Å²) in [5.41, 5.74) is 3.74. The van der Waals surface area contributed by atoms with E-state index in [1.807, 2.05) is 24.6 Å². The minimum absolute atomic E-state index is 0.0794. The molecule has 2 saturated heterocycles. The summed E-state index contributed by atoms with van der Waals surface area (Å²) in [6.45, 7) is 7.90. The lowest BCUT2D eigenvalue weighted by atomic mass is 9.75. The Kier molecular flexibility index (Phi) is 4.59. The summed E-state index contributed by atoms with van der Waals surface area (Å²) in [5.74, 6) is 0.106. The standard InChI is InChI=1S/C20H26FN3O2/c1-14-7-15(2)24(22-14)19-4-3-18(21)8-16(19)9-23-10-17-11-26-6-5-20(17,12-23)13-25/h3-4,7-8,17,25H,5-6,9-13H2,1-2H3/t17-,20-/m1/s1. The van der Waals surface area contributed by atoms with Crippen LogP contribution in [-0.2, 0) is 11.3 Å². The fourth-order valence-electron chi connectivity index (χ4n) is 4.54. The van der Waals surface area contributed by atoms with E-state index in [-0.39, 0.29) is 17.8 Å². The first-order valence-electron chi connectivity index (χ1n) is 9.24. The van der Waals surface area contributed by atoms with Crippen molar-refractivity contribution in [1.29, 1.82) is 0 Å². The largest absolute Gasteiger partial charge is 0.396 e. The molecule has 1 aromatic heterocycles. The Bertz CT molecular complexity index is 806. The Balaban J connectivity index is 1.63. The molecule has 140 valence electrons. The van der Waals surface area contributed by atoms with Gasteiger partial charge in [-0.05, 0) is 50.1 Å². The van der Waals surface area contributed by atoms with E-state index in [4.69, 9.17) is 4.74 Å². The summed E-state index contributed by atoms with van der Waals surface area (Å²) >= 11 is 0. The normalized spacial score (nSPS) is 26.2.